The minimum absolute atomic E-state index is 0.494. The Morgan fingerprint density at radius 2 is 1.75 bits per heavy atom. The summed E-state index contributed by atoms with van der Waals surface area (Å²) in [5.74, 6) is 1.02. The molecule has 1 aromatic carbocycles. The smallest absolute Gasteiger partial charge is 0.187 e. The second-order valence-corrected chi connectivity index (χ2v) is 9.61. The number of rotatable bonds is 7. The van der Waals surface area contributed by atoms with E-state index in [0.717, 1.165) is 17.5 Å². The monoisotopic (exact) mass is 396 g/mol. The van der Waals surface area contributed by atoms with Crippen LogP contribution >= 0.6 is 11.8 Å². The summed E-state index contributed by atoms with van der Waals surface area (Å²) >= 11 is 1.71. The normalized spacial score (nSPS) is 23.5. The van der Waals surface area contributed by atoms with Gasteiger partial charge in [-0.3, -0.25) is 4.90 Å². The number of thioether (sulfide) groups is 1. The van der Waals surface area contributed by atoms with Crippen molar-refractivity contribution in [2.45, 2.75) is 44.3 Å². The van der Waals surface area contributed by atoms with Gasteiger partial charge in [0.25, 0.3) is 0 Å². The molecular weight excluding hydrogens is 364 g/mol. The van der Waals surface area contributed by atoms with Crippen LogP contribution in [0.25, 0.3) is 0 Å². The predicted octanol–water partition coefficient (Wildman–Crippen LogP) is 4.12. The van der Waals surface area contributed by atoms with Crippen molar-refractivity contribution in [1.82, 2.24) is 19.8 Å². The molecule has 2 aromatic rings. The molecule has 150 valence electrons. The van der Waals surface area contributed by atoms with E-state index in [1.807, 2.05) is 12.4 Å². The molecule has 1 spiro atoms. The van der Waals surface area contributed by atoms with Crippen LogP contribution in [-0.4, -0.2) is 58.2 Å². The molecule has 4 rings (SSSR count). The average Bonchev–Trinajstić information content (AvgIpc) is 3.10. The van der Waals surface area contributed by atoms with Crippen LogP contribution in [0.5, 0.6) is 0 Å². The molecule has 2 aliphatic heterocycles. The van der Waals surface area contributed by atoms with Crippen LogP contribution in [0.4, 0.5) is 0 Å². The van der Waals surface area contributed by atoms with E-state index < -0.39 is 0 Å². The fraction of sp³-hybridized carbons (Fsp3) is 0.565. The Kier molecular flexibility index (Phi) is 6.65. The molecule has 5 heteroatoms. The van der Waals surface area contributed by atoms with E-state index in [1.165, 1.54) is 69.5 Å². The standard InChI is InChI=1S/C23H32N4S/c1-2-28-22-24-15-21(16-25-22)17-27-14-11-23(19-27)10-6-12-26(18-23)13-9-20-7-4-3-5-8-20/h3-5,7-8,15-16H,2,6,9-14,17-19H2,1H3/t23-/m0/s1. The summed E-state index contributed by atoms with van der Waals surface area (Å²) in [6.07, 6.45) is 9.26. The molecule has 0 aliphatic carbocycles. The second-order valence-electron chi connectivity index (χ2n) is 8.38. The predicted molar refractivity (Wildman–Crippen MR) is 117 cm³/mol. The van der Waals surface area contributed by atoms with E-state index in [1.54, 1.807) is 11.8 Å². The van der Waals surface area contributed by atoms with Gasteiger partial charge in [0.2, 0.25) is 0 Å². The van der Waals surface area contributed by atoms with Crippen molar-refractivity contribution in [3.63, 3.8) is 0 Å². The fourth-order valence-electron chi connectivity index (χ4n) is 4.82. The molecule has 0 radical (unpaired) electrons. The lowest BCUT2D eigenvalue weighted by atomic mass is 9.79. The molecule has 0 bridgehead atoms. The van der Waals surface area contributed by atoms with Crippen LogP contribution in [0.2, 0.25) is 0 Å². The maximum atomic E-state index is 4.50. The highest BCUT2D eigenvalue weighted by Crippen LogP contribution is 2.39. The molecule has 1 aromatic heterocycles. The third kappa shape index (κ3) is 5.13. The summed E-state index contributed by atoms with van der Waals surface area (Å²) in [5.41, 5.74) is 3.20. The van der Waals surface area contributed by atoms with Crippen molar-refractivity contribution in [1.29, 1.82) is 0 Å². The lowest BCUT2D eigenvalue weighted by Gasteiger charge is -2.40. The van der Waals surface area contributed by atoms with E-state index in [2.05, 4.69) is 57.0 Å². The van der Waals surface area contributed by atoms with Crippen molar-refractivity contribution >= 4 is 11.8 Å². The lowest BCUT2D eigenvalue weighted by Crippen LogP contribution is -2.45. The van der Waals surface area contributed by atoms with Gasteiger partial charge >= 0.3 is 0 Å². The Hall–Kier alpha value is -1.43. The van der Waals surface area contributed by atoms with Gasteiger partial charge in [-0.15, -0.1) is 0 Å². The minimum Gasteiger partial charge on any atom is -0.302 e. The highest BCUT2D eigenvalue weighted by molar-refractivity contribution is 7.99. The van der Waals surface area contributed by atoms with Crippen molar-refractivity contribution in [2.24, 2.45) is 5.41 Å². The molecule has 0 N–H and O–H groups in total. The van der Waals surface area contributed by atoms with Gasteiger partial charge < -0.3 is 4.90 Å². The van der Waals surface area contributed by atoms with Gasteiger partial charge in [-0.05, 0) is 55.5 Å². The summed E-state index contributed by atoms with van der Waals surface area (Å²) in [7, 11) is 0. The second kappa shape index (κ2) is 9.38. The third-order valence-corrected chi connectivity index (χ3v) is 6.94. The summed E-state index contributed by atoms with van der Waals surface area (Å²) in [6.45, 7) is 9.27. The molecule has 0 unspecified atom stereocenters. The number of benzene rings is 1. The van der Waals surface area contributed by atoms with Gasteiger partial charge in [0.1, 0.15) is 0 Å². The van der Waals surface area contributed by atoms with Gasteiger partial charge in [-0.2, -0.15) is 0 Å². The SMILES string of the molecule is CCSc1ncc(CN2CC[C@]3(CCCN(CCc4ccccc4)C3)C2)cn1. The molecule has 2 fully saturated rings. The van der Waals surface area contributed by atoms with Gasteiger partial charge in [0.05, 0.1) is 0 Å². The Morgan fingerprint density at radius 3 is 2.54 bits per heavy atom. The highest BCUT2D eigenvalue weighted by Gasteiger charge is 2.41. The quantitative estimate of drug-likeness (QED) is 0.519. The topological polar surface area (TPSA) is 32.3 Å². The highest BCUT2D eigenvalue weighted by atomic mass is 32.2. The zero-order chi connectivity index (χ0) is 19.2. The molecule has 1 atom stereocenters. The first-order valence-corrected chi connectivity index (χ1v) is 11.7. The zero-order valence-corrected chi connectivity index (χ0v) is 17.8. The third-order valence-electron chi connectivity index (χ3n) is 6.18. The maximum Gasteiger partial charge on any atom is 0.187 e. The number of hydrogen-bond acceptors (Lipinski definition) is 5. The Balaban J connectivity index is 1.29. The molecule has 0 saturated carbocycles. The van der Waals surface area contributed by atoms with Gasteiger partial charge in [-0.25, -0.2) is 9.97 Å². The fourth-order valence-corrected chi connectivity index (χ4v) is 5.33. The van der Waals surface area contributed by atoms with Crippen molar-refractivity contribution < 1.29 is 0 Å². The zero-order valence-electron chi connectivity index (χ0n) is 17.0. The van der Waals surface area contributed by atoms with E-state index in [4.69, 9.17) is 0 Å². The first kappa shape index (κ1) is 19.9. The van der Waals surface area contributed by atoms with Gasteiger partial charge in [0.15, 0.2) is 5.16 Å². The minimum atomic E-state index is 0.494. The summed E-state index contributed by atoms with van der Waals surface area (Å²) in [4.78, 5) is 14.3. The van der Waals surface area contributed by atoms with Crippen LogP contribution in [0, 0.1) is 5.41 Å². The summed E-state index contributed by atoms with van der Waals surface area (Å²) < 4.78 is 0. The lowest BCUT2D eigenvalue weighted by molar-refractivity contribution is 0.0928. The number of nitrogens with zero attached hydrogens (tertiary/aromatic N) is 4. The van der Waals surface area contributed by atoms with Gasteiger partial charge in [-0.1, -0.05) is 49.0 Å². The van der Waals surface area contributed by atoms with Crippen molar-refractivity contribution in [3.05, 3.63) is 53.9 Å². The Bertz CT molecular complexity index is 736. The maximum absolute atomic E-state index is 4.50. The largest absolute Gasteiger partial charge is 0.302 e. The van der Waals surface area contributed by atoms with E-state index >= 15 is 0 Å². The molecule has 0 amide bonds. The number of hydrogen-bond donors (Lipinski definition) is 0. The number of piperidine rings is 1. The molecule has 28 heavy (non-hydrogen) atoms. The first-order valence-electron chi connectivity index (χ1n) is 10.7. The van der Waals surface area contributed by atoms with Crippen LogP contribution in [0.1, 0.15) is 37.3 Å². The Labute approximate surface area is 173 Å². The molecule has 2 saturated heterocycles. The molecule has 3 heterocycles. The summed E-state index contributed by atoms with van der Waals surface area (Å²) in [6, 6.07) is 10.9. The van der Waals surface area contributed by atoms with Crippen LogP contribution in [0.15, 0.2) is 47.9 Å². The van der Waals surface area contributed by atoms with Crippen LogP contribution in [-0.2, 0) is 13.0 Å². The van der Waals surface area contributed by atoms with E-state index in [9.17, 15) is 0 Å². The van der Waals surface area contributed by atoms with Crippen LogP contribution < -0.4 is 0 Å². The number of likely N-dealkylation sites (tertiary alicyclic amines) is 2. The van der Waals surface area contributed by atoms with E-state index in [0.29, 0.717) is 5.41 Å². The van der Waals surface area contributed by atoms with Crippen LogP contribution in [0.3, 0.4) is 0 Å². The van der Waals surface area contributed by atoms with Crippen molar-refractivity contribution in [2.75, 3.05) is 38.5 Å². The van der Waals surface area contributed by atoms with E-state index in [-0.39, 0.29) is 0 Å². The molecule has 4 nitrogen and oxygen atoms in total. The van der Waals surface area contributed by atoms with Gasteiger partial charge in [0, 0.05) is 44.1 Å². The molecule has 2 aliphatic rings. The molecular formula is C23H32N4S. The first-order chi connectivity index (χ1) is 13.7. The summed E-state index contributed by atoms with van der Waals surface area (Å²) in [5, 5.41) is 0.894. The number of aromatic nitrogens is 2. The Morgan fingerprint density at radius 1 is 0.964 bits per heavy atom. The van der Waals surface area contributed by atoms with Crippen molar-refractivity contribution in [3.8, 4) is 0 Å². The average molecular weight is 397 g/mol.